The molecule has 0 aliphatic carbocycles. The number of piperidine rings is 1. The van der Waals surface area contributed by atoms with Crippen molar-refractivity contribution < 1.29 is 28.6 Å². The van der Waals surface area contributed by atoms with Gasteiger partial charge in [0.2, 0.25) is 0 Å². The van der Waals surface area contributed by atoms with Crippen molar-refractivity contribution in [3.63, 3.8) is 0 Å². The molecule has 5 heterocycles. The van der Waals surface area contributed by atoms with Crippen molar-refractivity contribution in [2.24, 2.45) is 0 Å². The number of rotatable bonds is 4. The number of carbonyl (C=O) groups is 2. The van der Waals surface area contributed by atoms with Gasteiger partial charge in [0, 0.05) is 44.4 Å². The van der Waals surface area contributed by atoms with Gasteiger partial charge in [0.15, 0.2) is 5.76 Å². The van der Waals surface area contributed by atoms with Crippen LogP contribution in [0.1, 0.15) is 12.8 Å². The van der Waals surface area contributed by atoms with Crippen LogP contribution in [-0.2, 0) is 9.59 Å². The number of anilines is 1. The maximum Gasteiger partial charge on any atom is 0.328 e. The third-order valence-electron chi connectivity index (χ3n) is 4.42. The predicted molar refractivity (Wildman–Crippen MR) is 93.2 cm³/mol. The molecule has 0 unspecified atom stereocenters. The Bertz CT molecular complexity index is 776. The second-order valence-electron chi connectivity index (χ2n) is 6.14. The smallest absolute Gasteiger partial charge is 0.328 e. The monoisotopic (exact) mass is 376 g/mol. The van der Waals surface area contributed by atoms with Crippen LogP contribution >= 0.6 is 0 Å². The maximum absolute atomic E-state index is 9.55. The first-order valence-electron chi connectivity index (χ1n) is 8.53. The molecule has 5 rings (SSSR count). The van der Waals surface area contributed by atoms with Gasteiger partial charge < -0.3 is 28.8 Å². The normalized spacial score (nSPS) is 21.6. The zero-order valence-electron chi connectivity index (χ0n) is 14.5. The Labute approximate surface area is 154 Å². The molecule has 10 heteroatoms. The van der Waals surface area contributed by atoms with Crippen LogP contribution < -0.4 is 4.90 Å². The number of aromatic nitrogens is 2. The Morgan fingerprint density at radius 1 is 1.07 bits per heavy atom. The summed E-state index contributed by atoms with van der Waals surface area (Å²) in [7, 11) is 0. The number of hydrogen-bond acceptors (Lipinski definition) is 8. The fourth-order valence-electron chi connectivity index (χ4n) is 3.11. The van der Waals surface area contributed by atoms with Gasteiger partial charge in [-0.2, -0.15) is 0 Å². The molecule has 27 heavy (non-hydrogen) atoms. The standard InChI is InChI=1S/C13H16N4O2.C4H4O4/c1-2-11(18-9-1)12-14-15-13(19-12)17-8-7-16-5-3-10(17)4-6-16;5-3(6)1-2-4(7)8/h1-2,9-10H,3-8H2;1-2H,(H,5,6)(H,7,8)/b;2-1+. The van der Waals surface area contributed by atoms with Gasteiger partial charge in [-0.05, 0) is 25.0 Å². The zero-order valence-corrected chi connectivity index (χ0v) is 14.5. The van der Waals surface area contributed by atoms with Crippen LogP contribution in [0.3, 0.4) is 0 Å². The average Bonchev–Trinajstić information content (AvgIpc) is 3.27. The van der Waals surface area contributed by atoms with Crippen molar-refractivity contribution in [2.75, 3.05) is 31.1 Å². The predicted octanol–water partition coefficient (Wildman–Crippen LogP) is 1.33. The van der Waals surface area contributed by atoms with Gasteiger partial charge in [0.1, 0.15) is 0 Å². The first-order valence-corrected chi connectivity index (χ1v) is 8.53. The molecule has 144 valence electrons. The summed E-state index contributed by atoms with van der Waals surface area (Å²) >= 11 is 0. The van der Waals surface area contributed by atoms with E-state index in [-0.39, 0.29) is 0 Å². The topological polar surface area (TPSA) is 133 Å². The molecule has 2 bridgehead atoms. The molecule has 3 fully saturated rings. The molecule has 2 aromatic rings. The summed E-state index contributed by atoms with van der Waals surface area (Å²) in [6.07, 6.45) is 5.08. The molecule has 2 aromatic heterocycles. The number of fused-ring (bicyclic) bond motifs is 4. The van der Waals surface area contributed by atoms with Crippen molar-refractivity contribution in [3.8, 4) is 11.7 Å². The highest BCUT2D eigenvalue weighted by Gasteiger charge is 2.32. The number of hydrogen-bond donors (Lipinski definition) is 2. The molecule has 10 nitrogen and oxygen atoms in total. The summed E-state index contributed by atoms with van der Waals surface area (Å²) in [6, 6.07) is 4.81. The molecule has 0 spiro atoms. The Hall–Kier alpha value is -3.14. The molecule has 0 amide bonds. The third kappa shape index (κ3) is 4.94. The van der Waals surface area contributed by atoms with E-state index in [1.54, 1.807) is 6.26 Å². The van der Waals surface area contributed by atoms with Crippen LogP contribution in [-0.4, -0.2) is 69.5 Å². The van der Waals surface area contributed by atoms with E-state index in [1.807, 2.05) is 12.1 Å². The van der Waals surface area contributed by atoms with Crippen LogP contribution in [0.15, 0.2) is 39.4 Å². The Balaban J connectivity index is 0.000000226. The first kappa shape index (κ1) is 18.6. The number of aliphatic carboxylic acids is 2. The van der Waals surface area contributed by atoms with Crippen molar-refractivity contribution in [1.82, 2.24) is 15.1 Å². The summed E-state index contributed by atoms with van der Waals surface area (Å²) in [5.41, 5.74) is 0. The summed E-state index contributed by atoms with van der Waals surface area (Å²) in [5.74, 6) is -1.43. The Morgan fingerprint density at radius 3 is 2.37 bits per heavy atom. The molecular weight excluding hydrogens is 356 g/mol. The number of nitrogens with zero attached hydrogens (tertiary/aromatic N) is 4. The highest BCUT2D eigenvalue weighted by molar-refractivity contribution is 5.89. The van der Waals surface area contributed by atoms with Gasteiger partial charge in [0.25, 0.3) is 5.89 Å². The second kappa shape index (κ2) is 8.49. The van der Waals surface area contributed by atoms with Crippen LogP contribution in [0.5, 0.6) is 0 Å². The maximum atomic E-state index is 9.55. The molecule has 2 N–H and O–H groups in total. The molecule has 0 radical (unpaired) electrons. The third-order valence-corrected chi connectivity index (χ3v) is 4.42. The van der Waals surface area contributed by atoms with E-state index in [9.17, 15) is 9.59 Å². The average molecular weight is 376 g/mol. The van der Waals surface area contributed by atoms with Crippen LogP contribution in [0.25, 0.3) is 11.7 Å². The van der Waals surface area contributed by atoms with Gasteiger partial charge in [0.05, 0.1) is 6.26 Å². The van der Waals surface area contributed by atoms with Crippen molar-refractivity contribution in [2.45, 2.75) is 18.9 Å². The molecule has 3 aliphatic heterocycles. The number of furan rings is 1. The SMILES string of the molecule is O=C(O)/C=C/C(=O)O.c1coc(-c2nnc(N3CCN4CCC3CC4)o2)c1. The van der Waals surface area contributed by atoms with Crippen molar-refractivity contribution in [3.05, 3.63) is 30.5 Å². The summed E-state index contributed by atoms with van der Waals surface area (Å²) in [4.78, 5) is 23.9. The van der Waals surface area contributed by atoms with E-state index in [0.29, 0.717) is 35.9 Å². The van der Waals surface area contributed by atoms with Crippen LogP contribution in [0, 0.1) is 0 Å². The minimum Gasteiger partial charge on any atom is -0.478 e. The first-order chi connectivity index (χ1) is 13.0. The minimum atomic E-state index is -1.26. The summed E-state index contributed by atoms with van der Waals surface area (Å²) in [6.45, 7) is 4.40. The van der Waals surface area contributed by atoms with Crippen molar-refractivity contribution in [1.29, 1.82) is 0 Å². The fraction of sp³-hybridized carbons (Fsp3) is 0.412. The zero-order chi connectivity index (χ0) is 19.2. The molecule has 0 aromatic carbocycles. The lowest BCUT2D eigenvalue weighted by Crippen LogP contribution is -2.38. The van der Waals surface area contributed by atoms with E-state index in [1.165, 1.54) is 25.9 Å². The molecular formula is C17H20N4O6. The van der Waals surface area contributed by atoms with Crippen LogP contribution in [0.2, 0.25) is 0 Å². The molecule has 0 atom stereocenters. The Morgan fingerprint density at radius 2 is 1.78 bits per heavy atom. The van der Waals surface area contributed by atoms with Gasteiger partial charge >= 0.3 is 18.0 Å². The largest absolute Gasteiger partial charge is 0.478 e. The van der Waals surface area contributed by atoms with Gasteiger partial charge in [-0.1, -0.05) is 5.10 Å². The number of carboxylic acid groups (broad SMARTS) is 2. The van der Waals surface area contributed by atoms with E-state index in [4.69, 9.17) is 19.0 Å². The van der Waals surface area contributed by atoms with Crippen LogP contribution in [0.4, 0.5) is 6.01 Å². The van der Waals surface area contributed by atoms with E-state index in [0.717, 1.165) is 13.1 Å². The van der Waals surface area contributed by atoms with Gasteiger partial charge in [-0.3, -0.25) is 0 Å². The summed E-state index contributed by atoms with van der Waals surface area (Å²) in [5, 5.41) is 23.9. The minimum absolute atomic E-state index is 0.458. The lowest BCUT2D eigenvalue weighted by atomic mass is 10.1. The highest BCUT2D eigenvalue weighted by Crippen LogP contribution is 2.28. The lowest BCUT2D eigenvalue weighted by molar-refractivity contribution is -0.134. The number of carboxylic acids is 2. The lowest BCUT2D eigenvalue weighted by Gasteiger charge is -2.29. The molecule has 0 saturated carbocycles. The van der Waals surface area contributed by atoms with E-state index in [2.05, 4.69) is 20.0 Å². The van der Waals surface area contributed by atoms with Gasteiger partial charge in [-0.15, -0.1) is 5.10 Å². The van der Waals surface area contributed by atoms with Gasteiger partial charge in [-0.25, -0.2) is 9.59 Å². The molecule has 3 saturated heterocycles. The second-order valence-corrected chi connectivity index (χ2v) is 6.14. The Kier molecular flexibility index (Phi) is 5.87. The quantitative estimate of drug-likeness (QED) is 0.753. The fourth-order valence-corrected chi connectivity index (χ4v) is 3.11. The summed E-state index contributed by atoms with van der Waals surface area (Å²) < 4.78 is 11.0. The van der Waals surface area contributed by atoms with Crippen molar-refractivity contribution >= 4 is 18.0 Å². The van der Waals surface area contributed by atoms with E-state index >= 15 is 0 Å². The molecule has 3 aliphatic rings. The highest BCUT2D eigenvalue weighted by atomic mass is 16.4. The van der Waals surface area contributed by atoms with E-state index < -0.39 is 11.9 Å².